The first-order valence-corrected chi connectivity index (χ1v) is 16.6. The normalized spacial score (nSPS) is 12.5. The van der Waals surface area contributed by atoms with Crippen molar-refractivity contribution in [3.05, 3.63) is 54.6 Å². The van der Waals surface area contributed by atoms with Crippen molar-refractivity contribution in [2.75, 3.05) is 0 Å². The number of hydrogen-bond donors (Lipinski definition) is 0. The van der Waals surface area contributed by atoms with Gasteiger partial charge in [0.15, 0.2) is 16.6 Å². The highest BCUT2D eigenvalue weighted by molar-refractivity contribution is 6.85. The summed E-state index contributed by atoms with van der Waals surface area (Å²) in [7, 11) is -5.18. The second-order valence-electron chi connectivity index (χ2n) is 7.78. The van der Waals surface area contributed by atoms with Crippen LogP contribution in [0.25, 0.3) is 0 Å². The van der Waals surface area contributed by atoms with Crippen molar-refractivity contribution >= 4 is 31.1 Å². The van der Waals surface area contributed by atoms with E-state index in [9.17, 15) is 0 Å². The number of ether oxygens (including phenoxy) is 1. The Kier molecular flexibility index (Phi) is 6.22. The van der Waals surface area contributed by atoms with Crippen molar-refractivity contribution < 1.29 is 13.0 Å². The van der Waals surface area contributed by atoms with Gasteiger partial charge in [-0.05, 0) is 68.7 Å². The van der Waals surface area contributed by atoms with Gasteiger partial charge in [-0.25, -0.2) is 0 Å². The summed E-state index contributed by atoms with van der Waals surface area (Å²) in [5.74, 6) is 1.68. The Morgan fingerprint density at radius 3 is 1.54 bits per heavy atom. The molecule has 0 amide bonds. The molecule has 0 unspecified atom stereocenters. The van der Waals surface area contributed by atoms with Crippen LogP contribution >= 0.6 is 0 Å². The van der Waals surface area contributed by atoms with Gasteiger partial charge in [-0.2, -0.15) is 0 Å². The molecule has 0 aliphatic carbocycles. The Labute approximate surface area is 149 Å². The van der Waals surface area contributed by atoms with Crippen LogP contribution in [0.2, 0.25) is 39.3 Å². The van der Waals surface area contributed by atoms with Crippen molar-refractivity contribution in [2.24, 2.45) is 0 Å². The lowest BCUT2D eigenvalue weighted by Crippen LogP contribution is -2.49. The van der Waals surface area contributed by atoms with Crippen molar-refractivity contribution in [1.82, 2.24) is 0 Å². The molecule has 0 N–H and O–H groups in total. The first kappa shape index (κ1) is 19.1. The molecule has 2 aromatic rings. The highest BCUT2D eigenvalue weighted by Crippen LogP contribution is 2.20. The predicted molar refractivity (Wildman–Crippen MR) is 109 cm³/mol. The number of benzene rings is 2. The van der Waals surface area contributed by atoms with Crippen molar-refractivity contribution in [1.29, 1.82) is 0 Å². The molecule has 0 bridgehead atoms. The summed E-state index contributed by atoms with van der Waals surface area (Å²) >= 11 is 0. The maximum atomic E-state index is 6.41. The molecule has 0 spiro atoms. The Balaban J connectivity index is 2.15. The lowest BCUT2D eigenvalue weighted by atomic mass is 10.3. The summed E-state index contributed by atoms with van der Waals surface area (Å²) in [5, 5.41) is 1.18. The highest BCUT2D eigenvalue weighted by atomic mass is 28.4. The van der Waals surface area contributed by atoms with E-state index in [0.717, 1.165) is 11.5 Å². The van der Waals surface area contributed by atoms with Crippen LogP contribution in [0.4, 0.5) is 0 Å². The minimum absolute atomic E-state index is 0.832. The van der Waals surface area contributed by atoms with E-state index in [4.69, 9.17) is 13.0 Å². The summed E-state index contributed by atoms with van der Waals surface area (Å²) in [5.41, 5.74) is 0. The Hall–Kier alpha value is -1.19. The zero-order chi connectivity index (χ0) is 17.8. The molecule has 3 nitrogen and oxygen atoms in total. The molecule has 2 aromatic carbocycles. The molecule has 0 saturated heterocycles. The summed E-state index contributed by atoms with van der Waals surface area (Å²) in [6.45, 7) is 13.3. The quantitative estimate of drug-likeness (QED) is 0.661. The van der Waals surface area contributed by atoms with Crippen LogP contribution in [-0.2, 0) is 8.23 Å². The second kappa shape index (κ2) is 7.79. The van der Waals surface area contributed by atoms with Gasteiger partial charge in [-0.3, -0.25) is 0 Å². The van der Waals surface area contributed by atoms with E-state index in [0.29, 0.717) is 0 Å². The molecule has 6 heteroatoms. The predicted octanol–water partition coefficient (Wildman–Crippen LogP) is 4.61. The van der Waals surface area contributed by atoms with Crippen LogP contribution in [0.5, 0.6) is 11.5 Å². The molecule has 0 heterocycles. The van der Waals surface area contributed by atoms with Gasteiger partial charge in [-0.15, -0.1) is 0 Å². The van der Waals surface area contributed by atoms with Crippen molar-refractivity contribution in [3.63, 3.8) is 0 Å². The van der Waals surface area contributed by atoms with Gasteiger partial charge in [0.1, 0.15) is 11.5 Å². The molecule has 0 atom stereocenters. The standard InChI is InChI=1S/C18H28O3Si3/c1-23(2,3)20-22(21-24(4,5)6)18-14-12-17(13-15-18)19-16-10-8-7-9-11-16/h7-15,22H,1-6H3. The van der Waals surface area contributed by atoms with Gasteiger partial charge in [0.25, 0.3) is 0 Å². The van der Waals surface area contributed by atoms with Crippen molar-refractivity contribution in [2.45, 2.75) is 39.3 Å². The summed E-state index contributed by atoms with van der Waals surface area (Å²) in [4.78, 5) is 0. The van der Waals surface area contributed by atoms with E-state index in [1.807, 2.05) is 42.5 Å². The minimum Gasteiger partial charge on any atom is -0.457 e. The van der Waals surface area contributed by atoms with Crippen LogP contribution in [0.15, 0.2) is 54.6 Å². The van der Waals surface area contributed by atoms with Gasteiger partial charge >= 0.3 is 9.28 Å². The van der Waals surface area contributed by atoms with Crippen LogP contribution in [0, 0.1) is 0 Å². The highest BCUT2D eigenvalue weighted by Gasteiger charge is 2.30. The zero-order valence-corrected chi connectivity index (χ0v) is 18.7. The van der Waals surface area contributed by atoms with Crippen LogP contribution < -0.4 is 9.92 Å². The molecule has 24 heavy (non-hydrogen) atoms. The number of hydrogen-bond acceptors (Lipinski definition) is 3. The van der Waals surface area contributed by atoms with E-state index >= 15 is 0 Å². The van der Waals surface area contributed by atoms with E-state index in [-0.39, 0.29) is 0 Å². The van der Waals surface area contributed by atoms with Crippen LogP contribution in [0.3, 0.4) is 0 Å². The maximum absolute atomic E-state index is 6.41. The molecule has 2 rings (SSSR count). The summed E-state index contributed by atoms with van der Waals surface area (Å²) in [6, 6.07) is 18.0. The van der Waals surface area contributed by atoms with E-state index < -0.39 is 25.9 Å². The van der Waals surface area contributed by atoms with Gasteiger partial charge < -0.3 is 13.0 Å². The summed E-state index contributed by atoms with van der Waals surface area (Å²) < 4.78 is 18.7. The van der Waals surface area contributed by atoms with Gasteiger partial charge in [0.05, 0.1) is 0 Å². The first-order valence-electron chi connectivity index (χ1n) is 8.31. The van der Waals surface area contributed by atoms with Gasteiger partial charge in [-0.1, -0.05) is 30.3 Å². The molecule has 0 saturated carbocycles. The molecular formula is C18H28O3Si3. The topological polar surface area (TPSA) is 27.7 Å². The Morgan fingerprint density at radius 1 is 0.625 bits per heavy atom. The third kappa shape index (κ3) is 6.74. The molecule has 0 aliphatic heterocycles. The first-order chi connectivity index (χ1) is 11.1. The van der Waals surface area contributed by atoms with E-state index in [1.165, 1.54) is 5.19 Å². The molecule has 0 aliphatic rings. The Morgan fingerprint density at radius 2 is 1.08 bits per heavy atom. The lowest BCUT2D eigenvalue weighted by Gasteiger charge is -2.30. The fourth-order valence-electron chi connectivity index (χ4n) is 2.12. The third-order valence-corrected chi connectivity index (χ3v) is 11.4. The van der Waals surface area contributed by atoms with E-state index in [2.05, 4.69) is 51.4 Å². The van der Waals surface area contributed by atoms with Crippen LogP contribution in [0.1, 0.15) is 0 Å². The monoisotopic (exact) mass is 376 g/mol. The zero-order valence-electron chi connectivity index (χ0n) is 15.5. The second-order valence-corrected chi connectivity index (χ2v) is 19.4. The molecule has 0 fully saturated rings. The fourth-order valence-corrected chi connectivity index (χ4v) is 9.48. The average molecular weight is 377 g/mol. The molecular weight excluding hydrogens is 348 g/mol. The van der Waals surface area contributed by atoms with Gasteiger partial charge in [0.2, 0.25) is 0 Å². The summed E-state index contributed by atoms with van der Waals surface area (Å²) in [6.07, 6.45) is 0. The fraction of sp³-hybridized carbons (Fsp3) is 0.333. The number of rotatable bonds is 7. The SMILES string of the molecule is C[Si](C)(C)O[SiH](O[Si](C)(C)C)c1ccc(Oc2ccccc2)cc1. The molecule has 130 valence electrons. The third-order valence-electron chi connectivity index (χ3n) is 3.05. The Bertz CT molecular complexity index is 615. The molecule has 0 aromatic heterocycles. The van der Waals surface area contributed by atoms with Crippen LogP contribution in [-0.4, -0.2) is 25.9 Å². The smallest absolute Gasteiger partial charge is 0.335 e. The number of para-hydroxylation sites is 1. The minimum atomic E-state index is -1.88. The average Bonchev–Trinajstić information content (AvgIpc) is 2.45. The maximum Gasteiger partial charge on any atom is 0.335 e. The van der Waals surface area contributed by atoms with Crippen molar-refractivity contribution in [3.8, 4) is 11.5 Å². The molecule has 0 radical (unpaired) electrons. The van der Waals surface area contributed by atoms with Gasteiger partial charge in [0, 0.05) is 0 Å². The lowest BCUT2D eigenvalue weighted by molar-refractivity contribution is 0.436. The largest absolute Gasteiger partial charge is 0.457 e. The van der Waals surface area contributed by atoms with E-state index in [1.54, 1.807) is 0 Å².